The first kappa shape index (κ1) is 73.3. The van der Waals surface area contributed by atoms with Crippen LogP contribution in [0.15, 0.2) is 416 Å². The van der Waals surface area contributed by atoms with Gasteiger partial charge in [-0.3, -0.25) is 0 Å². The van der Waals surface area contributed by atoms with Gasteiger partial charge >= 0.3 is 0 Å². The molecule has 0 aliphatic carbocycles. The zero-order chi connectivity index (χ0) is 87.9. The predicted molar refractivity (Wildman–Crippen MR) is 539 cm³/mol. The smallest absolute Gasteiger partial charge is 0.164 e. The summed E-state index contributed by atoms with van der Waals surface area (Å²) in [5.74, 6) is 2.84. The van der Waals surface area contributed by atoms with Crippen LogP contribution in [0, 0.1) is 0 Å². The maximum absolute atomic E-state index is 7.22. The summed E-state index contributed by atoms with van der Waals surface area (Å²) in [5.41, 5.74) is 28.2. The van der Waals surface area contributed by atoms with Crippen molar-refractivity contribution in [1.29, 1.82) is 0 Å². The molecule has 0 saturated heterocycles. The number of hydrogen-bond acceptors (Lipinski definition) is 15. The molecule has 30 rings (SSSR count). The quantitative estimate of drug-likeness (QED) is 0.118. The van der Waals surface area contributed by atoms with Gasteiger partial charge in [0.15, 0.2) is 34.9 Å². The van der Waals surface area contributed by atoms with Crippen LogP contribution in [-0.2, 0) is 0 Å². The van der Waals surface area contributed by atoms with Crippen LogP contribution in [0.4, 0.5) is 0 Å². The summed E-state index contributed by atoms with van der Waals surface area (Å²) < 4.78 is 59.9. The third-order valence-corrected chi connectivity index (χ3v) is 27.2. The number of hydrogen-bond donors (Lipinski definition) is 0. The largest absolute Gasteiger partial charge is 0.456 e. The summed E-state index contributed by atoms with van der Waals surface area (Å²) in [6.45, 7) is 0. The van der Waals surface area contributed by atoms with Crippen LogP contribution in [0.2, 0.25) is 0 Å². The first-order valence-electron chi connectivity index (χ1n) is 44.9. The minimum Gasteiger partial charge on any atom is -0.456 e. The van der Waals surface area contributed by atoms with Crippen molar-refractivity contribution in [3.05, 3.63) is 376 Å². The molecule has 15 nitrogen and oxygen atoms in total. The molecular formula is C120H62N6O9. The highest BCUT2D eigenvalue weighted by Gasteiger charge is 2.29. The molecule has 0 unspecified atom stereocenters. The van der Waals surface area contributed by atoms with E-state index >= 15 is 0 Å². The second-order valence-corrected chi connectivity index (χ2v) is 34.9. The van der Waals surface area contributed by atoms with E-state index in [2.05, 4.69) is 224 Å². The standard InChI is InChI=1S/C120H62N6O9/c1-2-16-63(17-3-1)115-121-116(81-23-13-31-104-112(81)88-56-68(40-49-100(88)131-104)64-36-45-96-84(52-64)74-18-4-8-26-92(74)127-96)126-120(122-115)91-59-73(62-109-111(91)79-44-35-71(60-108(79)135-109)67-39-47-98-86(55-67)76-20-6-10-28-94(76)129-98)72-34-43-77-87-54-66(38-48-99(87)134-107(77)61-72)70-42-51-102-90(58-70)114-83(25-15-33-106(114)133-102)119-124-117(80-22-12-30-103-110(80)78-21-7-11-29-95(78)130-103)123-118(125-119)82-24-14-32-105-113(82)89-57-69(41-50-101(89)132-105)65-37-46-97-85(53-65)75-19-5-9-27-93(75)128-97/h1-62H. The summed E-state index contributed by atoms with van der Waals surface area (Å²) in [4.78, 5) is 33.1. The van der Waals surface area contributed by atoms with Crippen LogP contribution < -0.4 is 0 Å². The molecule has 0 radical (unpaired) electrons. The van der Waals surface area contributed by atoms with Gasteiger partial charge in [-0.1, -0.05) is 206 Å². The molecule has 11 heterocycles. The molecule has 0 aliphatic rings. The minimum atomic E-state index is 0.455. The van der Waals surface area contributed by atoms with Gasteiger partial charge in [-0.15, -0.1) is 0 Å². The topological polar surface area (TPSA) is 196 Å². The fourth-order valence-electron chi connectivity index (χ4n) is 20.9. The number of nitrogens with zero attached hydrogens (tertiary/aromatic N) is 6. The van der Waals surface area contributed by atoms with Crippen LogP contribution in [0.1, 0.15) is 0 Å². The molecule has 135 heavy (non-hydrogen) atoms. The summed E-state index contributed by atoms with van der Waals surface area (Å²) in [6, 6.07) is 129. The molecule has 0 spiro atoms. The Bertz CT molecular complexity index is 10400. The van der Waals surface area contributed by atoms with Crippen molar-refractivity contribution in [1.82, 2.24) is 29.9 Å². The molecular weight excluding hydrogens is 1670 g/mol. The number of furan rings is 9. The van der Waals surface area contributed by atoms with Gasteiger partial charge in [0.2, 0.25) is 0 Å². The fraction of sp³-hybridized carbons (Fsp3) is 0. The third-order valence-electron chi connectivity index (χ3n) is 27.2. The lowest BCUT2D eigenvalue weighted by molar-refractivity contribution is 0.668. The van der Waals surface area contributed by atoms with Crippen molar-refractivity contribution < 1.29 is 39.8 Å². The maximum atomic E-state index is 7.22. The fourth-order valence-corrected chi connectivity index (χ4v) is 20.9. The summed E-state index contributed by atoms with van der Waals surface area (Å²) in [7, 11) is 0. The van der Waals surface area contributed by atoms with Crippen molar-refractivity contribution in [2.24, 2.45) is 0 Å². The average molecular weight is 1730 g/mol. The van der Waals surface area contributed by atoms with Crippen molar-refractivity contribution in [2.75, 3.05) is 0 Å². The van der Waals surface area contributed by atoms with E-state index in [1.54, 1.807) is 0 Å². The van der Waals surface area contributed by atoms with Gasteiger partial charge in [0.1, 0.15) is 100 Å². The lowest BCUT2D eigenvalue weighted by Crippen LogP contribution is -2.01. The second-order valence-electron chi connectivity index (χ2n) is 34.9. The number of benzene rings is 19. The Hall–Kier alpha value is -18.6. The summed E-state index contributed by atoms with van der Waals surface area (Å²) in [6.07, 6.45) is 0. The Morgan fingerprint density at radius 2 is 0.341 bits per heavy atom. The minimum absolute atomic E-state index is 0.455. The van der Waals surface area contributed by atoms with Gasteiger partial charge in [-0.25, -0.2) is 29.9 Å². The van der Waals surface area contributed by atoms with Gasteiger partial charge < -0.3 is 39.8 Å². The first-order valence-corrected chi connectivity index (χ1v) is 44.9. The van der Waals surface area contributed by atoms with Gasteiger partial charge in [0.05, 0.1) is 0 Å². The molecule has 0 saturated carbocycles. The zero-order valence-corrected chi connectivity index (χ0v) is 71.2. The molecule has 15 heteroatoms. The molecule has 0 aliphatic heterocycles. The van der Waals surface area contributed by atoms with E-state index in [0.717, 1.165) is 247 Å². The predicted octanol–water partition coefficient (Wildman–Crippen LogP) is 33.5. The van der Waals surface area contributed by atoms with E-state index in [9.17, 15) is 0 Å². The molecule has 0 fully saturated rings. The molecule has 0 N–H and O–H groups in total. The van der Waals surface area contributed by atoms with Gasteiger partial charge in [0.25, 0.3) is 0 Å². The van der Waals surface area contributed by atoms with Crippen molar-refractivity contribution in [3.8, 4) is 124 Å². The van der Waals surface area contributed by atoms with Gasteiger partial charge in [0, 0.05) is 130 Å². The Morgan fingerprint density at radius 1 is 0.111 bits per heavy atom. The van der Waals surface area contributed by atoms with Crippen LogP contribution in [-0.4, -0.2) is 29.9 Å². The van der Waals surface area contributed by atoms with E-state index in [0.29, 0.717) is 74.0 Å². The Labute approximate surface area is 762 Å². The number of para-hydroxylation sites is 4. The van der Waals surface area contributed by atoms with E-state index < -0.39 is 0 Å². The van der Waals surface area contributed by atoms with E-state index in [4.69, 9.17) is 69.7 Å². The van der Waals surface area contributed by atoms with Gasteiger partial charge in [-0.05, 0) is 225 Å². The summed E-state index contributed by atoms with van der Waals surface area (Å²) in [5, 5.41) is 17.2. The molecule has 0 bridgehead atoms. The van der Waals surface area contributed by atoms with Crippen LogP contribution in [0.25, 0.3) is 321 Å². The number of rotatable bonds is 11. The highest BCUT2D eigenvalue weighted by atomic mass is 16.4. The highest BCUT2D eigenvalue weighted by Crippen LogP contribution is 2.50. The van der Waals surface area contributed by atoms with Crippen molar-refractivity contribution in [2.45, 2.75) is 0 Å². The van der Waals surface area contributed by atoms with Crippen LogP contribution >= 0.6 is 0 Å². The maximum Gasteiger partial charge on any atom is 0.164 e. The monoisotopic (exact) mass is 1730 g/mol. The number of fused-ring (bicyclic) bond motifs is 27. The normalized spacial score (nSPS) is 12.3. The van der Waals surface area contributed by atoms with Crippen LogP contribution in [0.3, 0.4) is 0 Å². The second kappa shape index (κ2) is 28.0. The molecule has 0 atom stereocenters. The lowest BCUT2D eigenvalue weighted by atomic mass is 9.96. The number of aromatic nitrogens is 6. The SMILES string of the molecule is c1ccc(-c2nc(-c3cc(-c4ccc5c(c4)oc4ccc(-c6ccc7oc8cccc(-c9nc(-c%10cccc%11oc%12ccccc%12c%10%11)nc(-c%10cccc%11oc%12ccc(-c%13ccc%14oc%15ccccc%15c%14c%13)cc%12c%10%11)n9)c8c7c6)cc45)cc4oc5cc(-c6ccc7oc8ccccc8c7c6)ccc5c34)nc(-c3cccc4oc5ccc(-c6ccc7oc8ccccc8c7c6)cc5c34)n2)cc1. The lowest BCUT2D eigenvalue weighted by Gasteiger charge is -2.12. The Balaban J connectivity index is 0.553. The molecule has 19 aromatic carbocycles. The van der Waals surface area contributed by atoms with E-state index in [-0.39, 0.29) is 0 Å². The van der Waals surface area contributed by atoms with Crippen LogP contribution in [0.5, 0.6) is 0 Å². The molecule has 626 valence electrons. The third kappa shape index (κ3) is 11.3. The van der Waals surface area contributed by atoms with E-state index in [1.807, 2.05) is 152 Å². The average Bonchev–Trinajstić information content (AvgIpc) is 1.61. The van der Waals surface area contributed by atoms with E-state index in [1.165, 1.54) is 0 Å². The highest BCUT2D eigenvalue weighted by molar-refractivity contribution is 6.21. The molecule has 0 amide bonds. The first-order chi connectivity index (χ1) is 66.8. The Kier molecular flexibility index (Phi) is 15.2. The molecule has 11 aromatic heterocycles. The van der Waals surface area contributed by atoms with Gasteiger partial charge in [-0.2, -0.15) is 0 Å². The summed E-state index contributed by atoms with van der Waals surface area (Å²) >= 11 is 0. The zero-order valence-electron chi connectivity index (χ0n) is 71.2. The Morgan fingerprint density at radius 3 is 0.741 bits per heavy atom. The van der Waals surface area contributed by atoms with Crippen molar-refractivity contribution >= 4 is 197 Å². The molecule has 30 aromatic rings. The van der Waals surface area contributed by atoms with Crippen molar-refractivity contribution in [3.63, 3.8) is 0 Å².